The van der Waals surface area contributed by atoms with Crippen molar-refractivity contribution >= 4 is 35.9 Å². The van der Waals surface area contributed by atoms with E-state index in [1.165, 1.54) is 7.11 Å². The van der Waals surface area contributed by atoms with E-state index in [0.717, 1.165) is 29.7 Å². The van der Waals surface area contributed by atoms with Crippen molar-refractivity contribution in [1.82, 2.24) is 24.8 Å². The number of rotatable bonds is 4. The summed E-state index contributed by atoms with van der Waals surface area (Å²) in [6.45, 7) is 6.01. The molecule has 2 atom stereocenters. The SMILES string of the molecule is CN=C(NCc1ccc(-n2ccnc2C)nc1)N1CC(C)C(C(=O)OC)C1.I. The first-order valence-electron chi connectivity index (χ1n) is 9.02. The molecule has 0 aliphatic carbocycles. The van der Waals surface area contributed by atoms with Crippen LogP contribution in [-0.2, 0) is 16.1 Å². The van der Waals surface area contributed by atoms with Gasteiger partial charge < -0.3 is 15.0 Å². The third-order valence-electron chi connectivity index (χ3n) is 4.96. The maximum Gasteiger partial charge on any atom is 0.310 e. The van der Waals surface area contributed by atoms with Crippen molar-refractivity contribution in [2.24, 2.45) is 16.8 Å². The van der Waals surface area contributed by atoms with E-state index < -0.39 is 0 Å². The molecule has 1 aliphatic heterocycles. The number of guanidine groups is 1. The molecule has 0 amide bonds. The Labute approximate surface area is 182 Å². The molecule has 3 heterocycles. The fraction of sp³-hybridized carbons (Fsp3) is 0.474. The number of esters is 1. The number of nitrogens with zero attached hydrogens (tertiary/aromatic N) is 5. The molecule has 0 aromatic carbocycles. The van der Waals surface area contributed by atoms with E-state index in [-0.39, 0.29) is 41.8 Å². The van der Waals surface area contributed by atoms with Crippen LogP contribution in [0.5, 0.6) is 0 Å². The first-order chi connectivity index (χ1) is 13.0. The summed E-state index contributed by atoms with van der Waals surface area (Å²) in [4.78, 5) is 27.1. The van der Waals surface area contributed by atoms with Gasteiger partial charge in [-0.3, -0.25) is 14.4 Å². The van der Waals surface area contributed by atoms with E-state index in [4.69, 9.17) is 4.74 Å². The number of imidazole rings is 1. The predicted octanol–water partition coefficient (Wildman–Crippen LogP) is 2.01. The molecule has 28 heavy (non-hydrogen) atoms. The number of hydrogen-bond acceptors (Lipinski definition) is 5. The Balaban J connectivity index is 0.00000280. The lowest BCUT2D eigenvalue weighted by Gasteiger charge is -2.21. The van der Waals surface area contributed by atoms with Crippen LogP contribution < -0.4 is 5.32 Å². The van der Waals surface area contributed by atoms with Crippen LogP contribution in [0.3, 0.4) is 0 Å². The number of carbonyl (C=O) groups excluding carboxylic acids is 1. The predicted molar refractivity (Wildman–Crippen MR) is 118 cm³/mol. The second-order valence-electron chi connectivity index (χ2n) is 6.78. The minimum absolute atomic E-state index is 0. The standard InChI is InChI=1S/C19H26N6O2.HI/c1-13-11-24(12-16(13)18(26)27-4)19(20-3)23-10-15-5-6-17(22-9-15)25-8-7-21-14(25)2;/h5-9,13,16H,10-12H2,1-4H3,(H,20,23);1H. The molecule has 9 heteroatoms. The van der Waals surface area contributed by atoms with Crippen molar-refractivity contribution in [1.29, 1.82) is 0 Å². The smallest absolute Gasteiger partial charge is 0.310 e. The summed E-state index contributed by atoms with van der Waals surface area (Å²) in [7, 11) is 3.19. The number of likely N-dealkylation sites (tertiary alicyclic amines) is 1. The van der Waals surface area contributed by atoms with Gasteiger partial charge >= 0.3 is 5.97 Å². The Kier molecular flexibility index (Phi) is 7.78. The fourth-order valence-electron chi connectivity index (χ4n) is 3.40. The largest absolute Gasteiger partial charge is 0.469 e. The Morgan fingerprint density at radius 3 is 2.71 bits per heavy atom. The van der Waals surface area contributed by atoms with E-state index in [1.807, 2.05) is 36.0 Å². The molecule has 3 rings (SSSR count). The summed E-state index contributed by atoms with van der Waals surface area (Å²) in [5, 5.41) is 3.36. The molecular weight excluding hydrogens is 471 g/mol. The topological polar surface area (TPSA) is 84.6 Å². The van der Waals surface area contributed by atoms with Crippen LogP contribution in [-0.4, -0.2) is 58.6 Å². The van der Waals surface area contributed by atoms with Gasteiger partial charge in [0.2, 0.25) is 0 Å². The normalized spacial score (nSPS) is 19.3. The van der Waals surface area contributed by atoms with E-state index >= 15 is 0 Å². The molecular formula is C19H27IN6O2. The number of nitrogens with one attached hydrogen (secondary N) is 1. The Hall–Kier alpha value is -2.17. The molecule has 0 spiro atoms. The highest BCUT2D eigenvalue weighted by Gasteiger charge is 2.36. The summed E-state index contributed by atoms with van der Waals surface area (Å²) < 4.78 is 6.84. The van der Waals surface area contributed by atoms with Gasteiger partial charge in [-0.15, -0.1) is 24.0 Å². The van der Waals surface area contributed by atoms with Crippen molar-refractivity contribution in [2.75, 3.05) is 27.2 Å². The second-order valence-corrected chi connectivity index (χ2v) is 6.78. The van der Waals surface area contributed by atoms with Crippen LogP contribution >= 0.6 is 24.0 Å². The van der Waals surface area contributed by atoms with Gasteiger partial charge in [-0.05, 0) is 24.5 Å². The minimum atomic E-state index is -0.157. The average Bonchev–Trinajstić information content (AvgIpc) is 3.28. The zero-order chi connectivity index (χ0) is 19.4. The van der Waals surface area contributed by atoms with Crippen molar-refractivity contribution in [2.45, 2.75) is 20.4 Å². The van der Waals surface area contributed by atoms with Crippen LogP contribution in [0, 0.1) is 18.8 Å². The van der Waals surface area contributed by atoms with E-state index in [9.17, 15) is 4.79 Å². The molecule has 2 unspecified atom stereocenters. The number of hydrogen-bond donors (Lipinski definition) is 1. The number of methoxy groups -OCH3 is 1. The number of aromatic nitrogens is 3. The molecule has 2 aromatic heterocycles. The molecule has 152 valence electrons. The van der Waals surface area contributed by atoms with Crippen molar-refractivity contribution in [3.63, 3.8) is 0 Å². The summed E-state index contributed by atoms with van der Waals surface area (Å²) in [6.07, 6.45) is 5.50. The summed E-state index contributed by atoms with van der Waals surface area (Å²) >= 11 is 0. The summed E-state index contributed by atoms with van der Waals surface area (Å²) in [5.41, 5.74) is 1.05. The van der Waals surface area contributed by atoms with Crippen molar-refractivity contribution in [3.8, 4) is 5.82 Å². The van der Waals surface area contributed by atoms with Crippen molar-refractivity contribution < 1.29 is 9.53 Å². The van der Waals surface area contributed by atoms with E-state index in [2.05, 4.69) is 32.1 Å². The quantitative estimate of drug-likeness (QED) is 0.301. The average molecular weight is 498 g/mol. The first-order valence-corrected chi connectivity index (χ1v) is 9.02. The lowest BCUT2D eigenvalue weighted by molar-refractivity contribution is -0.145. The van der Waals surface area contributed by atoms with Gasteiger partial charge in [0.25, 0.3) is 0 Å². The van der Waals surface area contributed by atoms with Gasteiger partial charge in [0.05, 0.1) is 13.0 Å². The Morgan fingerprint density at radius 1 is 1.36 bits per heavy atom. The van der Waals surface area contributed by atoms with Crippen LogP contribution in [0.2, 0.25) is 0 Å². The van der Waals surface area contributed by atoms with Gasteiger partial charge in [0.15, 0.2) is 5.96 Å². The zero-order valence-corrected chi connectivity index (χ0v) is 19.0. The lowest BCUT2D eigenvalue weighted by Crippen LogP contribution is -2.40. The van der Waals surface area contributed by atoms with Gasteiger partial charge in [0, 0.05) is 45.3 Å². The Morgan fingerprint density at radius 2 is 2.14 bits per heavy atom. The van der Waals surface area contributed by atoms with Crippen LogP contribution in [0.15, 0.2) is 35.7 Å². The fourth-order valence-corrected chi connectivity index (χ4v) is 3.40. The van der Waals surface area contributed by atoms with E-state index in [0.29, 0.717) is 13.1 Å². The number of aryl methyl sites for hydroxylation is 1. The molecule has 1 fully saturated rings. The number of pyridine rings is 1. The van der Waals surface area contributed by atoms with Gasteiger partial charge in [-0.2, -0.15) is 0 Å². The van der Waals surface area contributed by atoms with Crippen molar-refractivity contribution in [3.05, 3.63) is 42.1 Å². The maximum absolute atomic E-state index is 11.9. The molecule has 8 nitrogen and oxygen atoms in total. The van der Waals surface area contributed by atoms with Gasteiger partial charge in [-0.25, -0.2) is 9.97 Å². The number of aliphatic imine (C=N–C) groups is 1. The summed E-state index contributed by atoms with van der Waals surface area (Å²) in [5.74, 6) is 2.48. The molecule has 1 aliphatic rings. The number of halogens is 1. The third-order valence-corrected chi connectivity index (χ3v) is 4.96. The zero-order valence-electron chi connectivity index (χ0n) is 16.6. The monoisotopic (exact) mass is 498 g/mol. The van der Waals surface area contributed by atoms with Gasteiger partial charge in [-0.1, -0.05) is 13.0 Å². The molecule has 0 bridgehead atoms. The molecule has 2 aromatic rings. The van der Waals surface area contributed by atoms with Crippen LogP contribution in [0.1, 0.15) is 18.3 Å². The highest BCUT2D eigenvalue weighted by molar-refractivity contribution is 14.0. The Bertz CT molecular complexity index is 820. The molecule has 0 saturated carbocycles. The first kappa shape index (κ1) is 22.1. The lowest BCUT2D eigenvalue weighted by atomic mass is 9.99. The molecule has 0 radical (unpaired) electrons. The number of ether oxygens (including phenoxy) is 1. The third kappa shape index (κ3) is 4.81. The van der Waals surface area contributed by atoms with Crippen LogP contribution in [0.25, 0.3) is 5.82 Å². The summed E-state index contributed by atoms with van der Waals surface area (Å²) in [6, 6.07) is 4.01. The van der Waals surface area contributed by atoms with Gasteiger partial charge in [0.1, 0.15) is 11.6 Å². The second kappa shape index (κ2) is 9.85. The molecule has 1 saturated heterocycles. The number of carbonyl (C=O) groups is 1. The highest BCUT2D eigenvalue weighted by atomic mass is 127. The van der Waals surface area contributed by atoms with E-state index in [1.54, 1.807) is 13.2 Å². The maximum atomic E-state index is 11.9. The highest BCUT2D eigenvalue weighted by Crippen LogP contribution is 2.24. The molecule has 1 N–H and O–H groups in total. The van der Waals surface area contributed by atoms with Crippen LogP contribution in [0.4, 0.5) is 0 Å². The minimum Gasteiger partial charge on any atom is -0.469 e.